The van der Waals surface area contributed by atoms with Crippen LogP contribution in [0.2, 0.25) is 0 Å². The SMILES string of the molecule is Cc1cc(C)c(Cn2cncn2)cc1CN1CCC(NS(C)(=O)=O)CC1. The molecule has 1 aromatic heterocycles. The summed E-state index contributed by atoms with van der Waals surface area (Å²) in [5.74, 6) is 0. The first kappa shape index (κ1) is 19.0. The first-order valence-corrected chi connectivity index (χ1v) is 10.8. The van der Waals surface area contributed by atoms with E-state index >= 15 is 0 Å². The van der Waals surface area contributed by atoms with Crippen molar-refractivity contribution in [3.8, 4) is 0 Å². The van der Waals surface area contributed by atoms with Gasteiger partial charge in [-0.05, 0) is 48.9 Å². The highest BCUT2D eigenvalue weighted by Crippen LogP contribution is 2.21. The zero-order valence-corrected chi connectivity index (χ0v) is 16.5. The van der Waals surface area contributed by atoms with E-state index in [1.165, 1.54) is 28.5 Å². The molecule has 2 heterocycles. The topological polar surface area (TPSA) is 80.1 Å². The monoisotopic (exact) mass is 377 g/mol. The van der Waals surface area contributed by atoms with Crippen molar-refractivity contribution in [2.45, 2.75) is 45.8 Å². The van der Waals surface area contributed by atoms with E-state index in [9.17, 15) is 8.42 Å². The number of sulfonamides is 1. The second kappa shape index (κ2) is 7.85. The number of hydrogen-bond acceptors (Lipinski definition) is 5. The molecule has 7 nitrogen and oxygen atoms in total. The number of piperidine rings is 1. The van der Waals surface area contributed by atoms with Gasteiger partial charge in [0.2, 0.25) is 10.0 Å². The quantitative estimate of drug-likeness (QED) is 0.824. The summed E-state index contributed by atoms with van der Waals surface area (Å²) < 4.78 is 27.3. The third-order valence-corrected chi connectivity index (χ3v) is 5.72. The molecule has 1 aliphatic rings. The molecule has 0 spiro atoms. The maximum atomic E-state index is 11.4. The molecule has 1 saturated heterocycles. The summed E-state index contributed by atoms with van der Waals surface area (Å²) in [6, 6.07) is 4.57. The summed E-state index contributed by atoms with van der Waals surface area (Å²) >= 11 is 0. The van der Waals surface area contributed by atoms with Gasteiger partial charge >= 0.3 is 0 Å². The first-order valence-electron chi connectivity index (χ1n) is 8.91. The van der Waals surface area contributed by atoms with Crippen LogP contribution in [-0.4, -0.2) is 53.5 Å². The van der Waals surface area contributed by atoms with Gasteiger partial charge in [0.25, 0.3) is 0 Å². The van der Waals surface area contributed by atoms with E-state index in [0.717, 1.165) is 39.0 Å². The van der Waals surface area contributed by atoms with Gasteiger partial charge in [-0.3, -0.25) is 4.90 Å². The number of nitrogens with zero attached hydrogens (tertiary/aromatic N) is 4. The summed E-state index contributed by atoms with van der Waals surface area (Å²) in [5, 5.41) is 4.20. The van der Waals surface area contributed by atoms with E-state index in [1.54, 1.807) is 12.7 Å². The molecule has 0 radical (unpaired) electrons. The lowest BCUT2D eigenvalue weighted by atomic mass is 9.98. The predicted molar refractivity (Wildman–Crippen MR) is 101 cm³/mol. The lowest BCUT2D eigenvalue weighted by Gasteiger charge is -2.32. The number of aromatic nitrogens is 3. The molecule has 26 heavy (non-hydrogen) atoms. The van der Waals surface area contributed by atoms with Crippen LogP contribution in [0.5, 0.6) is 0 Å². The van der Waals surface area contributed by atoms with E-state index in [2.05, 4.69) is 45.7 Å². The van der Waals surface area contributed by atoms with Gasteiger partial charge in [-0.25, -0.2) is 22.8 Å². The van der Waals surface area contributed by atoms with Crippen LogP contribution in [0.3, 0.4) is 0 Å². The molecule has 1 N–H and O–H groups in total. The normalized spacial score (nSPS) is 16.9. The Morgan fingerprint density at radius 3 is 2.35 bits per heavy atom. The van der Waals surface area contributed by atoms with Gasteiger partial charge in [0.1, 0.15) is 12.7 Å². The highest BCUT2D eigenvalue weighted by atomic mass is 32.2. The maximum absolute atomic E-state index is 11.4. The van der Waals surface area contributed by atoms with E-state index < -0.39 is 10.0 Å². The Morgan fingerprint density at radius 1 is 1.12 bits per heavy atom. The molecule has 1 aromatic carbocycles. The molecule has 0 bridgehead atoms. The van der Waals surface area contributed by atoms with Crippen molar-refractivity contribution >= 4 is 10.0 Å². The summed E-state index contributed by atoms with van der Waals surface area (Å²) in [4.78, 5) is 6.41. The highest BCUT2D eigenvalue weighted by Gasteiger charge is 2.22. The van der Waals surface area contributed by atoms with Crippen LogP contribution in [0.4, 0.5) is 0 Å². The smallest absolute Gasteiger partial charge is 0.208 e. The van der Waals surface area contributed by atoms with Crippen molar-refractivity contribution in [1.82, 2.24) is 24.4 Å². The third-order valence-electron chi connectivity index (χ3n) is 4.96. The lowest BCUT2D eigenvalue weighted by Crippen LogP contribution is -2.44. The number of nitrogens with one attached hydrogen (secondary N) is 1. The van der Waals surface area contributed by atoms with E-state index in [4.69, 9.17) is 0 Å². The van der Waals surface area contributed by atoms with Gasteiger partial charge in [-0.15, -0.1) is 0 Å². The van der Waals surface area contributed by atoms with Gasteiger partial charge in [-0.2, -0.15) is 5.10 Å². The minimum absolute atomic E-state index is 0.0586. The zero-order valence-electron chi connectivity index (χ0n) is 15.6. The summed E-state index contributed by atoms with van der Waals surface area (Å²) in [5.41, 5.74) is 5.13. The van der Waals surface area contributed by atoms with E-state index in [0.29, 0.717) is 0 Å². The molecule has 0 amide bonds. The third kappa shape index (κ3) is 5.12. The van der Waals surface area contributed by atoms with Crippen molar-refractivity contribution in [3.05, 3.63) is 47.0 Å². The molecule has 1 fully saturated rings. The largest absolute Gasteiger partial charge is 0.299 e. The molecule has 3 rings (SSSR count). The Hall–Kier alpha value is -1.77. The molecular formula is C18H27N5O2S. The Labute approximate surface area is 155 Å². The molecule has 142 valence electrons. The molecule has 0 aliphatic carbocycles. The van der Waals surface area contributed by atoms with Crippen LogP contribution in [0.1, 0.15) is 35.1 Å². The number of aryl methyl sites for hydroxylation is 2. The highest BCUT2D eigenvalue weighted by molar-refractivity contribution is 7.88. The van der Waals surface area contributed by atoms with Crippen molar-refractivity contribution in [2.75, 3.05) is 19.3 Å². The van der Waals surface area contributed by atoms with Gasteiger partial charge in [0, 0.05) is 25.7 Å². The van der Waals surface area contributed by atoms with Gasteiger partial charge in [-0.1, -0.05) is 12.1 Å². The van der Waals surface area contributed by atoms with Crippen molar-refractivity contribution in [1.29, 1.82) is 0 Å². The summed E-state index contributed by atoms with van der Waals surface area (Å²) in [6.45, 7) is 7.70. The molecule has 0 saturated carbocycles. The first-order chi connectivity index (χ1) is 12.3. The van der Waals surface area contributed by atoms with Gasteiger partial charge < -0.3 is 0 Å². The minimum atomic E-state index is -3.12. The predicted octanol–water partition coefficient (Wildman–Crippen LogP) is 1.46. The minimum Gasteiger partial charge on any atom is -0.299 e. The van der Waals surface area contributed by atoms with Crippen molar-refractivity contribution in [3.63, 3.8) is 0 Å². The molecule has 2 aromatic rings. The summed E-state index contributed by atoms with van der Waals surface area (Å²) in [7, 11) is -3.12. The number of rotatable bonds is 6. The Bertz CT molecular complexity index is 841. The molecule has 0 unspecified atom stereocenters. The van der Waals surface area contributed by atoms with Crippen molar-refractivity contribution < 1.29 is 8.42 Å². The number of hydrogen-bond donors (Lipinski definition) is 1. The van der Waals surface area contributed by atoms with Crippen LogP contribution < -0.4 is 4.72 Å². The average molecular weight is 378 g/mol. The standard InChI is InChI=1S/C18H27N5O2S/c1-14-8-15(2)17(11-23-13-19-12-20-23)9-16(14)10-22-6-4-18(5-7-22)21-26(3,24)25/h8-9,12-13,18,21H,4-7,10-11H2,1-3H3. The lowest BCUT2D eigenvalue weighted by molar-refractivity contribution is 0.199. The number of likely N-dealkylation sites (tertiary alicyclic amines) is 1. The van der Waals surface area contributed by atoms with E-state index in [1.807, 2.05) is 4.68 Å². The molecule has 1 aliphatic heterocycles. The Balaban J connectivity index is 1.65. The van der Waals surface area contributed by atoms with Crippen LogP contribution in [0.25, 0.3) is 0 Å². The molecule has 8 heteroatoms. The fourth-order valence-electron chi connectivity index (χ4n) is 3.53. The van der Waals surface area contributed by atoms with Gasteiger partial charge in [0.05, 0.1) is 12.8 Å². The van der Waals surface area contributed by atoms with Crippen LogP contribution >= 0.6 is 0 Å². The Kier molecular flexibility index (Phi) is 5.74. The zero-order chi connectivity index (χ0) is 18.7. The maximum Gasteiger partial charge on any atom is 0.208 e. The van der Waals surface area contributed by atoms with E-state index in [-0.39, 0.29) is 6.04 Å². The molecular weight excluding hydrogens is 350 g/mol. The van der Waals surface area contributed by atoms with Crippen LogP contribution in [-0.2, 0) is 23.1 Å². The fourth-order valence-corrected chi connectivity index (χ4v) is 4.37. The second-order valence-electron chi connectivity index (χ2n) is 7.24. The number of benzene rings is 1. The van der Waals surface area contributed by atoms with Crippen LogP contribution in [0, 0.1) is 13.8 Å². The van der Waals surface area contributed by atoms with Crippen molar-refractivity contribution in [2.24, 2.45) is 0 Å². The average Bonchev–Trinajstić information content (AvgIpc) is 3.05. The Morgan fingerprint density at radius 2 is 1.77 bits per heavy atom. The fraction of sp³-hybridized carbons (Fsp3) is 0.556. The van der Waals surface area contributed by atoms with Crippen LogP contribution in [0.15, 0.2) is 24.8 Å². The molecule has 0 atom stereocenters. The summed E-state index contributed by atoms with van der Waals surface area (Å²) in [6.07, 6.45) is 6.22. The van der Waals surface area contributed by atoms with Gasteiger partial charge in [0.15, 0.2) is 0 Å². The second-order valence-corrected chi connectivity index (χ2v) is 9.02.